The summed E-state index contributed by atoms with van der Waals surface area (Å²) >= 11 is 0. The number of nitrogens with two attached hydrogens (primary N) is 1. The minimum absolute atomic E-state index is 0.537. The van der Waals surface area contributed by atoms with Gasteiger partial charge in [0.2, 0.25) is 5.89 Å². The zero-order chi connectivity index (χ0) is 14.9. The monoisotopic (exact) mass is 281 g/mol. The number of nitrogens with zero attached hydrogens (tertiary/aromatic N) is 2. The van der Waals surface area contributed by atoms with E-state index < -0.39 is 5.54 Å². The van der Waals surface area contributed by atoms with Gasteiger partial charge in [0.05, 0.1) is 12.0 Å². The van der Waals surface area contributed by atoms with E-state index in [0.29, 0.717) is 18.1 Å². The van der Waals surface area contributed by atoms with E-state index in [0.717, 1.165) is 12.0 Å². The summed E-state index contributed by atoms with van der Waals surface area (Å²) < 4.78 is 5.33. The molecule has 2 aromatic carbocycles. The van der Waals surface area contributed by atoms with Gasteiger partial charge in [-0.3, -0.25) is 0 Å². The summed E-state index contributed by atoms with van der Waals surface area (Å²) in [5, 5.41) is 6.45. The molecule has 1 atom stereocenters. The first-order valence-corrected chi connectivity index (χ1v) is 7.18. The zero-order valence-electron chi connectivity index (χ0n) is 12.3. The first-order chi connectivity index (χ1) is 10.1. The lowest BCUT2D eigenvalue weighted by Crippen LogP contribution is -2.33. The summed E-state index contributed by atoms with van der Waals surface area (Å²) in [7, 11) is 0. The fourth-order valence-electron chi connectivity index (χ4n) is 2.24. The van der Waals surface area contributed by atoms with Crippen LogP contribution in [0.5, 0.6) is 0 Å². The van der Waals surface area contributed by atoms with Crippen LogP contribution in [-0.2, 0) is 12.0 Å². The van der Waals surface area contributed by atoms with Crippen LogP contribution in [-0.4, -0.2) is 10.1 Å². The second-order valence-corrected chi connectivity index (χ2v) is 5.64. The molecule has 1 aromatic heterocycles. The Labute approximate surface area is 124 Å². The molecule has 0 amide bonds. The number of hydrogen-bond donors (Lipinski definition) is 1. The quantitative estimate of drug-likeness (QED) is 0.796. The molecule has 0 bridgehead atoms. The highest BCUT2D eigenvalue weighted by Gasteiger charge is 2.25. The van der Waals surface area contributed by atoms with E-state index in [4.69, 9.17) is 10.3 Å². The topological polar surface area (TPSA) is 64.9 Å². The van der Waals surface area contributed by atoms with Crippen LogP contribution in [0.15, 0.2) is 47.0 Å². The van der Waals surface area contributed by atoms with Gasteiger partial charge in [0, 0.05) is 0 Å². The average molecular weight is 281 g/mol. The van der Waals surface area contributed by atoms with Gasteiger partial charge in [0.25, 0.3) is 0 Å². The zero-order valence-corrected chi connectivity index (χ0v) is 12.3. The highest BCUT2D eigenvalue weighted by atomic mass is 16.5. The third-order valence-electron chi connectivity index (χ3n) is 3.88. The van der Waals surface area contributed by atoms with Gasteiger partial charge < -0.3 is 10.3 Å². The summed E-state index contributed by atoms with van der Waals surface area (Å²) in [6.07, 6.45) is 1.39. The van der Waals surface area contributed by atoms with Crippen molar-refractivity contribution in [2.45, 2.75) is 32.2 Å². The minimum Gasteiger partial charge on any atom is -0.339 e. The predicted octanol–water partition coefficient (Wildman–Crippen LogP) is 3.40. The van der Waals surface area contributed by atoms with Crippen LogP contribution in [0.3, 0.4) is 0 Å². The number of rotatable bonds is 4. The van der Waals surface area contributed by atoms with E-state index in [2.05, 4.69) is 40.5 Å². The van der Waals surface area contributed by atoms with E-state index in [1.165, 1.54) is 10.8 Å². The lowest BCUT2D eigenvalue weighted by Gasteiger charge is -2.16. The standard InChI is InChI=1S/C17H19N3O/c1-3-17(2,18)16-19-15(21-20-16)11-12-8-9-13-6-4-5-7-14(13)10-12/h4-10H,3,11,18H2,1-2H3. The normalized spacial score (nSPS) is 14.2. The summed E-state index contributed by atoms with van der Waals surface area (Å²) in [5.74, 6) is 1.17. The van der Waals surface area contributed by atoms with E-state index in [1.54, 1.807) is 0 Å². The molecule has 3 rings (SSSR count). The van der Waals surface area contributed by atoms with Crippen LogP contribution in [0.1, 0.15) is 37.5 Å². The first-order valence-electron chi connectivity index (χ1n) is 7.18. The van der Waals surface area contributed by atoms with Crippen molar-refractivity contribution in [3.8, 4) is 0 Å². The molecule has 4 nitrogen and oxygen atoms in total. The summed E-state index contributed by atoms with van der Waals surface area (Å²) in [4.78, 5) is 4.43. The van der Waals surface area contributed by atoms with Gasteiger partial charge in [0.1, 0.15) is 0 Å². The van der Waals surface area contributed by atoms with Crippen molar-refractivity contribution in [3.05, 3.63) is 59.7 Å². The van der Waals surface area contributed by atoms with Gasteiger partial charge in [-0.05, 0) is 29.7 Å². The van der Waals surface area contributed by atoms with Crippen molar-refractivity contribution in [2.75, 3.05) is 0 Å². The van der Waals surface area contributed by atoms with Crippen molar-refractivity contribution in [3.63, 3.8) is 0 Å². The van der Waals surface area contributed by atoms with Gasteiger partial charge in [-0.2, -0.15) is 4.98 Å². The lowest BCUT2D eigenvalue weighted by molar-refractivity contribution is 0.356. The van der Waals surface area contributed by atoms with Crippen molar-refractivity contribution < 1.29 is 4.52 Å². The smallest absolute Gasteiger partial charge is 0.231 e. The Morgan fingerprint density at radius 2 is 1.90 bits per heavy atom. The lowest BCUT2D eigenvalue weighted by atomic mass is 10.00. The Morgan fingerprint density at radius 1 is 1.14 bits per heavy atom. The van der Waals surface area contributed by atoms with Crippen LogP contribution in [0.25, 0.3) is 10.8 Å². The molecular weight excluding hydrogens is 262 g/mol. The van der Waals surface area contributed by atoms with Crippen molar-refractivity contribution in [1.82, 2.24) is 10.1 Å². The van der Waals surface area contributed by atoms with Crippen molar-refractivity contribution >= 4 is 10.8 Å². The minimum atomic E-state index is -0.537. The summed E-state index contributed by atoms with van der Waals surface area (Å²) in [5.41, 5.74) is 6.75. The summed E-state index contributed by atoms with van der Waals surface area (Å²) in [6.45, 7) is 3.93. The molecule has 1 heterocycles. The third kappa shape index (κ3) is 2.81. The van der Waals surface area contributed by atoms with Crippen molar-refractivity contribution in [1.29, 1.82) is 0 Å². The molecule has 0 saturated heterocycles. The molecule has 0 radical (unpaired) electrons. The Morgan fingerprint density at radius 3 is 2.67 bits per heavy atom. The van der Waals surface area contributed by atoms with Crippen LogP contribution in [0.2, 0.25) is 0 Å². The number of benzene rings is 2. The SMILES string of the molecule is CCC(C)(N)c1noc(Cc2ccc3ccccc3c2)n1. The molecule has 0 saturated carbocycles. The molecule has 0 aliphatic rings. The van der Waals surface area contributed by atoms with E-state index in [-0.39, 0.29) is 0 Å². The van der Waals surface area contributed by atoms with Crippen LogP contribution >= 0.6 is 0 Å². The van der Waals surface area contributed by atoms with E-state index in [9.17, 15) is 0 Å². The second kappa shape index (κ2) is 5.30. The highest BCUT2D eigenvalue weighted by Crippen LogP contribution is 2.20. The number of fused-ring (bicyclic) bond motifs is 1. The van der Waals surface area contributed by atoms with Gasteiger partial charge in [-0.15, -0.1) is 0 Å². The molecule has 2 N–H and O–H groups in total. The Kier molecular flexibility index (Phi) is 3.47. The maximum absolute atomic E-state index is 6.13. The fourth-order valence-corrected chi connectivity index (χ4v) is 2.24. The van der Waals surface area contributed by atoms with Gasteiger partial charge >= 0.3 is 0 Å². The first kappa shape index (κ1) is 13.8. The van der Waals surface area contributed by atoms with E-state index >= 15 is 0 Å². The molecular formula is C17H19N3O. The molecule has 108 valence electrons. The number of aromatic nitrogens is 2. The molecule has 21 heavy (non-hydrogen) atoms. The Hall–Kier alpha value is -2.20. The van der Waals surface area contributed by atoms with E-state index in [1.807, 2.05) is 26.0 Å². The maximum atomic E-state index is 6.13. The molecule has 3 aromatic rings. The highest BCUT2D eigenvalue weighted by molar-refractivity contribution is 5.83. The maximum Gasteiger partial charge on any atom is 0.231 e. The fraction of sp³-hybridized carbons (Fsp3) is 0.294. The van der Waals surface area contributed by atoms with Crippen LogP contribution in [0.4, 0.5) is 0 Å². The molecule has 0 spiro atoms. The molecule has 4 heteroatoms. The molecule has 1 unspecified atom stereocenters. The van der Waals surface area contributed by atoms with Gasteiger partial charge in [-0.25, -0.2) is 0 Å². The van der Waals surface area contributed by atoms with Gasteiger partial charge in [0.15, 0.2) is 5.82 Å². The Balaban J connectivity index is 1.85. The largest absolute Gasteiger partial charge is 0.339 e. The second-order valence-electron chi connectivity index (χ2n) is 5.64. The summed E-state index contributed by atoms with van der Waals surface area (Å²) in [6, 6.07) is 14.6. The predicted molar refractivity (Wildman–Crippen MR) is 82.9 cm³/mol. The Bertz CT molecular complexity index is 761. The molecule has 0 fully saturated rings. The van der Waals surface area contributed by atoms with Crippen LogP contribution in [0, 0.1) is 0 Å². The van der Waals surface area contributed by atoms with Crippen LogP contribution < -0.4 is 5.73 Å². The van der Waals surface area contributed by atoms with Gasteiger partial charge in [-0.1, -0.05) is 54.5 Å². The number of hydrogen-bond acceptors (Lipinski definition) is 4. The third-order valence-corrected chi connectivity index (χ3v) is 3.88. The average Bonchev–Trinajstić information content (AvgIpc) is 2.96. The molecule has 0 aliphatic carbocycles. The molecule has 0 aliphatic heterocycles. The van der Waals surface area contributed by atoms with Crippen molar-refractivity contribution in [2.24, 2.45) is 5.73 Å².